The van der Waals surface area contributed by atoms with Crippen LogP contribution in [0.2, 0.25) is 0 Å². The molecule has 3 amide bonds. The molecular formula is C20H30N4O2. The summed E-state index contributed by atoms with van der Waals surface area (Å²) in [5, 5.41) is 5.93. The van der Waals surface area contributed by atoms with Gasteiger partial charge in [-0.2, -0.15) is 0 Å². The van der Waals surface area contributed by atoms with Gasteiger partial charge in [0, 0.05) is 44.0 Å². The number of hydrogen-bond donors (Lipinski definition) is 2. The Hall–Kier alpha value is -2.11. The molecule has 0 bridgehead atoms. The lowest BCUT2D eigenvalue weighted by Gasteiger charge is -2.23. The SMILES string of the molecule is O=C(NCCCC(=O)N(Cc1cccnc1)C1CC1)NC1CCCCC1. The zero-order valence-electron chi connectivity index (χ0n) is 15.5. The molecule has 1 aromatic heterocycles. The maximum absolute atomic E-state index is 12.6. The van der Waals surface area contributed by atoms with Crippen molar-refractivity contribution < 1.29 is 9.59 Å². The van der Waals surface area contributed by atoms with E-state index < -0.39 is 0 Å². The smallest absolute Gasteiger partial charge is 0.315 e. The van der Waals surface area contributed by atoms with Crippen LogP contribution in [0, 0.1) is 0 Å². The van der Waals surface area contributed by atoms with Gasteiger partial charge in [-0.15, -0.1) is 0 Å². The average Bonchev–Trinajstić information content (AvgIpc) is 3.50. The molecule has 0 unspecified atom stereocenters. The number of nitrogens with zero attached hydrogens (tertiary/aromatic N) is 2. The van der Waals surface area contributed by atoms with E-state index >= 15 is 0 Å². The van der Waals surface area contributed by atoms with Gasteiger partial charge in [-0.1, -0.05) is 25.3 Å². The Labute approximate surface area is 155 Å². The third-order valence-corrected chi connectivity index (χ3v) is 5.18. The largest absolute Gasteiger partial charge is 0.338 e. The number of carbonyl (C=O) groups excluding carboxylic acids is 2. The molecule has 0 spiro atoms. The van der Waals surface area contributed by atoms with E-state index in [1.54, 1.807) is 6.20 Å². The topological polar surface area (TPSA) is 74.3 Å². The second-order valence-corrected chi connectivity index (χ2v) is 7.45. The third-order valence-electron chi connectivity index (χ3n) is 5.18. The molecule has 2 fully saturated rings. The normalized spacial score (nSPS) is 17.5. The van der Waals surface area contributed by atoms with Gasteiger partial charge in [-0.3, -0.25) is 9.78 Å². The van der Waals surface area contributed by atoms with Crippen LogP contribution in [0.25, 0.3) is 0 Å². The number of rotatable bonds is 8. The standard InChI is InChI=1S/C20H30N4O2/c25-19(24(18-10-11-18)15-16-6-4-12-21-14-16)9-5-13-22-20(26)23-17-7-2-1-3-8-17/h4,6,12,14,17-18H,1-3,5,7-11,13,15H2,(H2,22,23,26). The number of hydrogen-bond acceptors (Lipinski definition) is 3. The van der Waals surface area contributed by atoms with Crippen LogP contribution < -0.4 is 10.6 Å². The summed E-state index contributed by atoms with van der Waals surface area (Å²) < 4.78 is 0. The number of aromatic nitrogens is 1. The van der Waals surface area contributed by atoms with E-state index in [9.17, 15) is 9.59 Å². The number of carbonyl (C=O) groups is 2. The first kappa shape index (κ1) is 18.7. The number of urea groups is 1. The molecule has 0 aliphatic heterocycles. The van der Waals surface area contributed by atoms with Crippen molar-refractivity contribution in [2.75, 3.05) is 6.54 Å². The van der Waals surface area contributed by atoms with Gasteiger partial charge in [0.05, 0.1) is 0 Å². The Morgan fingerprint density at radius 2 is 1.96 bits per heavy atom. The quantitative estimate of drug-likeness (QED) is 0.702. The molecule has 26 heavy (non-hydrogen) atoms. The second kappa shape index (κ2) is 9.55. The molecule has 2 saturated carbocycles. The van der Waals surface area contributed by atoms with Gasteiger partial charge in [0.2, 0.25) is 5.91 Å². The molecule has 3 rings (SSSR count). The highest BCUT2D eigenvalue weighted by Crippen LogP contribution is 2.29. The summed E-state index contributed by atoms with van der Waals surface area (Å²) >= 11 is 0. The van der Waals surface area contributed by atoms with Crippen LogP contribution in [0.1, 0.15) is 63.4 Å². The van der Waals surface area contributed by atoms with Crippen molar-refractivity contribution in [1.29, 1.82) is 0 Å². The summed E-state index contributed by atoms with van der Waals surface area (Å²) in [5.41, 5.74) is 1.07. The van der Waals surface area contributed by atoms with Crippen molar-refractivity contribution in [3.63, 3.8) is 0 Å². The van der Waals surface area contributed by atoms with Crippen LogP contribution >= 0.6 is 0 Å². The van der Waals surface area contributed by atoms with Crippen LogP contribution in [-0.4, -0.2) is 40.5 Å². The fourth-order valence-electron chi connectivity index (χ4n) is 3.56. The molecule has 1 aromatic rings. The van der Waals surface area contributed by atoms with Crippen LogP contribution in [0.5, 0.6) is 0 Å². The molecule has 0 radical (unpaired) electrons. The van der Waals surface area contributed by atoms with E-state index in [2.05, 4.69) is 15.6 Å². The van der Waals surface area contributed by atoms with E-state index in [1.807, 2.05) is 23.2 Å². The van der Waals surface area contributed by atoms with Crippen molar-refractivity contribution in [3.8, 4) is 0 Å². The molecular weight excluding hydrogens is 328 g/mol. The van der Waals surface area contributed by atoms with Crippen LogP contribution in [-0.2, 0) is 11.3 Å². The minimum atomic E-state index is -0.0984. The van der Waals surface area contributed by atoms with E-state index in [1.165, 1.54) is 19.3 Å². The predicted octanol–water partition coefficient (Wildman–Crippen LogP) is 2.98. The molecule has 2 N–H and O–H groups in total. The van der Waals surface area contributed by atoms with E-state index in [4.69, 9.17) is 0 Å². The summed E-state index contributed by atoms with van der Waals surface area (Å²) in [7, 11) is 0. The lowest BCUT2D eigenvalue weighted by molar-refractivity contribution is -0.132. The first-order valence-corrected chi connectivity index (χ1v) is 9.95. The summed E-state index contributed by atoms with van der Waals surface area (Å²) in [6.45, 7) is 1.17. The van der Waals surface area contributed by atoms with Gasteiger partial charge in [0.25, 0.3) is 0 Å². The van der Waals surface area contributed by atoms with Crippen LogP contribution in [0.3, 0.4) is 0 Å². The lowest BCUT2D eigenvalue weighted by atomic mass is 9.96. The Morgan fingerprint density at radius 3 is 2.65 bits per heavy atom. The monoisotopic (exact) mass is 358 g/mol. The minimum Gasteiger partial charge on any atom is -0.338 e. The van der Waals surface area contributed by atoms with Gasteiger partial charge in [0.15, 0.2) is 0 Å². The van der Waals surface area contributed by atoms with E-state index in [-0.39, 0.29) is 11.9 Å². The van der Waals surface area contributed by atoms with Gasteiger partial charge >= 0.3 is 6.03 Å². The molecule has 6 heteroatoms. The van der Waals surface area contributed by atoms with Gasteiger partial charge < -0.3 is 15.5 Å². The summed E-state index contributed by atoms with van der Waals surface area (Å²) in [4.78, 5) is 30.6. The summed E-state index contributed by atoms with van der Waals surface area (Å²) in [6, 6.07) is 4.51. The molecule has 2 aliphatic rings. The van der Waals surface area contributed by atoms with Crippen molar-refractivity contribution in [3.05, 3.63) is 30.1 Å². The molecule has 0 aromatic carbocycles. The molecule has 0 atom stereocenters. The van der Waals surface area contributed by atoms with Crippen LogP contribution in [0.15, 0.2) is 24.5 Å². The predicted molar refractivity (Wildman–Crippen MR) is 100 cm³/mol. The van der Waals surface area contributed by atoms with E-state index in [0.29, 0.717) is 38.0 Å². The van der Waals surface area contributed by atoms with Gasteiger partial charge in [-0.25, -0.2) is 4.79 Å². The highest BCUT2D eigenvalue weighted by Gasteiger charge is 2.32. The lowest BCUT2D eigenvalue weighted by Crippen LogP contribution is -2.43. The summed E-state index contributed by atoms with van der Waals surface area (Å²) in [6.07, 6.45) is 12.7. The Morgan fingerprint density at radius 1 is 1.15 bits per heavy atom. The van der Waals surface area contributed by atoms with Crippen molar-refractivity contribution >= 4 is 11.9 Å². The fourth-order valence-corrected chi connectivity index (χ4v) is 3.56. The van der Waals surface area contributed by atoms with E-state index in [0.717, 1.165) is 31.2 Å². The average molecular weight is 358 g/mol. The zero-order chi connectivity index (χ0) is 18.2. The van der Waals surface area contributed by atoms with Crippen molar-refractivity contribution in [2.24, 2.45) is 0 Å². The third kappa shape index (κ3) is 6.00. The highest BCUT2D eigenvalue weighted by molar-refractivity contribution is 5.77. The molecule has 142 valence electrons. The minimum absolute atomic E-state index is 0.0984. The zero-order valence-corrected chi connectivity index (χ0v) is 15.5. The number of pyridine rings is 1. The first-order valence-electron chi connectivity index (χ1n) is 9.95. The van der Waals surface area contributed by atoms with Gasteiger partial charge in [0.1, 0.15) is 0 Å². The van der Waals surface area contributed by atoms with Gasteiger partial charge in [-0.05, 0) is 43.7 Å². The summed E-state index contributed by atoms with van der Waals surface area (Å²) in [5.74, 6) is 0.172. The van der Waals surface area contributed by atoms with Crippen LogP contribution in [0.4, 0.5) is 4.79 Å². The second-order valence-electron chi connectivity index (χ2n) is 7.45. The Balaban J connectivity index is 1.35. The Kier molecular flexibility index (Phi) is 6.86. The Bertz CT molecular complexity index is 583. The molecule has 2 aliphatic carbocycles. The number of amides is 3. The maximum atomic E-state index is 12.6. The maximum Gasteiger partial charge on any atom is 0.315 e. The molecule has 1 heterocycles. The fraction of sp³-hybridized carbons (Fsp3) is 0.650. The van der Waals surface area contributed by atoms with Crippen molar-refractivity contribution in [1.82, 2.24) is 20.5 Å². The highest BCUT2D eigenvalue weighted by atomic mass is 16.2. The first-order chi connectivity index (χ1) is 12.7. The molecule has 0 saturated heterocycles. The molecule has 6 nitrogen and oxygen atoms in total. The van der Waals surface area contributed by atoms with Crippen molar-refractivity contribution in [2.45, 2.75) is 76.4 Å². The number of nitrogens with one attached hydrogen (secondary N) is 2.